The summed E-state index contributed by atoms with van der Waals surface area (Å²) in [6, 6.07) is 15.7. The SMILES string of the molecule is CS(=O)(=O)c1nc2ccccc2n1CCC(=O)NC(=O)NCc1ccccc1. The van der Waals surface area contributed by atoms with Crippen LogP contribution in [0.25, 0.3) is 11.0 Å². The fourth-order valence-electron chi connectivity index (χ4n) is 2.78. The van der Waals surface area contributed by atoms with Gasteiger partial charge < -0.3 is 9.88 Å². The van der Waals surface area contributed by atoms with Crippen molar-refractivity contribution >= 4 is 32.8 Å². The zero-order valence-electron chi connectivity index (χ0n) is 15.3. The van der Waals surface area contributed by atoms with E-state index in [-0.39, 0.29) is 18.1 Å². The number of benzene rings is 2. The molecule has 1 heterocycles. The molecule has 0 fully saturated rings. The number of para-hydroxylation sites is 2. The van der Waals surface area contributed by atoms with Crippen LogP contribution in [0.2, 0.25) is 0 Å². The molecular weight excluding hydrogens is 380 g/mol. The van der Waals surface area contributed by atoms with Gasteiger partial charge in [-0.1, -0.05) is 42.5 Å². The van der Waals surface area contributed by atoms with Gasteiger partial charge in [-0.25, -0.2) is 18.2 Å². The first kappa shape index (κ1) is 19.6. The van der Waals surface area contributed by atoms with Crippen molar-refractivity contribution < 1.29 is 18.0 Å². The van der Waals surface area contributed by atoms with Crippen LogP contribution in [0.4, 0.5) is 4.79 Å². The summed E-state index contributed by atoms with van der Waals surface area (Å²) in [5.74, 6) is -0.511. The number of imide groups is 1. The minimum Gasteiger partial charge on any atom is -0.334 e. The predicted octanol–water partition coefficient (Wildman–Crippen LogP) is 1.86. The third kappa shape index (κ3) is 4.74. The van der Waals surface area contributed by atoms with E-state index in [4.69, 9.17) is 0 Å². The first-order valence-electron chi connectivity index (χ1n) is 8.61. The molecule has 0 aliphatic rings. The summed E-state index contributed by atoms with van der Waals surface area (Å²) < 4.78 is 25.5. The molecule has 2 aromatic carbocycles. The van der Waals surface area contributed by atoms with E-state index in [9.17, 15) is 18.0 Å². The highest BCUT2D eigenvalue weighted by atomic mass is 32.2. The van der Waals surface area contributed by atoms with E-state index in [1.54, 1.807) is 24.3 Å². The summed E-state index contributed by atoms with van der Waals surface area (Å²) >= 11 is 0. The van der Waals surface area contributed by atoms with Crippen LogP contribution in [0.5, 0.6) is 0 Å². The van der Waals surface area contributed by atoms with E-state index in [0.29, 0.717) is 17.6 Å². The van der Waals surface area contributed by atoms with E-state index in [0.717, 1.165) is 11.8 Å². The number of carbonyl (C=O) groups is 2. The van der Waals surface area contributed by atoms with Crippen molar-refractivity contribution in [2.75, 3.05) is 6.26 Å². The Balaban J connectivity index is 1.62. The molecule has 2 N–H and O–H groups in total. The van der Waals surface area contributed by atoms with Gasteiger partial charge in [0.15, 0.2) is 0 Å². The average molecular weight is 400 g/mol. The van der Waals surface area contributed by atoms with E-state index in [2.05, 4.69) is 15.6 Å². The number of fused-ring (bicyclic) bond motifs is 1. The molecule has 0 unspecified atom stereocenters. The molecule has 9 heteroatoms. The quantitative estimate of drug-likeness (QED) is 0.656. The number of nitrogens with zero attached hydrogens (tertiary/aromatic N) is 2. The standard InChI is InChI=1S/C19H20N4O4S/c1-28(26,27)19-21-15-9-5-6-10-16(15)23(19)12-11-17(24)22-18(25)20-13-14-7-3-2-4-8-14/h2-10H,11-13H2,1H3,(H2,20,22,24,25). The maximum absolute atomic E-state index is 12.1. The summed E-state index contributed by atoms with van der Waals surface area (Å²) in [7, 11) is -3.56. The molecule has 0 saturated heterocycles. The number of carbonyl (C=O) groups excluding carboxylic acids is 2. The Morgan fingerprint density at radius 2 is 1.71 bits per heavy atom. The van der Waals surface area contributed by atoms with Gasteiger partial charge in [-0.2, -0.15) is 0 Å². The third-order valence-electron chi connectivity index (χ3n) is 4.06. The number of sulfone groups is 1. The molecule has 0 bridgehead atoms. The summed E-state index contributed by atoms with van der Waals surface area (Å²) in [5.41, 5.74) is 2.06. The van der Waals surface area contributed by atoms with Crippen molar-refractivity contribution in [1.29, 1.82) is 0 Å². The lowest BCUT2D eigenvalue weighted by atomic mass is 10.2. The van der Waals surface area contributed by atoms with E-state index >= 15 is 0 Å². The molecule has 8 nitrogen and oxygen atoms in total. The Morgan fingerprint density at radius 3 is 2.43 bits per heavy atom. The Kier molecular flexibility index (Phi) is 5.74. The second-order valence-corrected chi connectivity index (χ2v) is 8.18. The zero-order valence-corrected chi connectivity index (χ0v) is 16.1. The summed E-state index contributed by atoms with van der Waals surface area (Å²) in [4.78, 5) is 28.1. The maximum Gasteiger partial charge on any atom is 0.321 e. The summed E-state index contributed by atoms with van der Waals surface area (Å²) in [5, 5.41) is 4.75. The number of aromatic nitrogens is 2. The second-order valence-electron chi connectivity index (χ2n) is 6.27. The van der Waals surface area contributed by atoms with Gasteiger partial charge in [0, 0.05) is 25.8 Å². The number of hydrogen-bond acceptors (Lipinski definition) is 5. The molecule has 3 amide bonds. The Morgan fingerprint density at radius 1 is 1.04 bits per heavy atom. The fourth-order valence-corrected chi connectivity index (χ4v) is 3.63. The largest absolute Gasteiger partial charge is 0.334 e. The van der Waals surface area contributed by atoms with Gasteiger partial charge in [0.25, 0.3) is 0 Å². The Hall–Kier alpha value is -3.20. The lowest BCUT2D eigenvalue weighted by Crippen LogP contribution is -2.39. The second kappa shape index (κ2) is 8.22. The van der Waals surface area contributed by atoms with Crippen LogP contribution in [0.1, 0.15) is 12.0 Å². The molecule has 3 aromatic rings. The highest BCUT2D eigenvalue weighted by molar-refractivity contribution is 7.90. The molecule has 146 valence electrons. The molecule has 0 spiro atoms. The smallest absolute Gasteiger partial charge is 0.321 e. The van der Waals surface area contributed by atoms with Gasteiger partial charge in [-0.3, -0.25) is 10.1 Å². The molecule has 0 atom stereocenters. The Bertz CT molecular complexity index is 1110. The summed E-state index contributed by atoms with van der Waals surface area (Å²) in [6.07, 6.45) is 1.00. The van der Waals surface area contributed by atoms with Crippen LogP contribution in [-0.2, 0) is 27.7 Å². The number of urea groups is 1. The molecule has 0 aliphatic heterocycles. The number of rotatable bonds is 6. The highest BCUT2D eigenvalue weighted by Gasteiger charge is 2.20. The van der Waals surface area contributed by atoms with Crippen LogP contribution in [0, 0.1) is 0 Å². The van der Waals surface area contributed by atoms with Crippen molar-refractivity contribution in [3.63, 3.8) is 0 Å². The van der Waals surface area contributed by atoms with Gasteiger partial charge in [0.05, 0.1) is 11.0 Å². The fraction of sp³-hybridized carbons (Fsp3) is 0.211. The molecule has 0 radical (unpaired) electrons. The number of hydrogen-bond donors (Lipinski definition) is 2. The maximum atomic E-state index is 12.1. The number of amides is 3. The van der Waals surface area contributed by atoms with Gasteiger partial charge >= 0.3 is 6.03 Å². The molecule has 28 heavy (non-hydrogen) atoms. The topological polar surface area (TPSA) is 110 Å². The first-order chi connectivity index (χ1) is 13.3. The van der Waals surface area contributed by atoms with E-state index in [1.165, 1.54) is 4.57 Å². The molecular formula is C19H20N4O4S. The van der Waals surface area contributed by atoms with Crippen molar-refractivity contribution in [3.8, 4) is 0 Å². The summed E-state index contributed by atoms with van der Waals surface area (Å²) in [6.45, 7) is 0.380. The minimum atomic E-state index is -3.56. The predicted molar refractivity (Wildman–Crippen MR) is 104 cm³/mol. The van der Waals surface area contributed by atoms with Crippen molar-refractivity contribution in [2.24, 2.45) is 0 Å². The number of aryl methyl sites for hydroxylation is 1. The average Bonchev–Trinajstić information content (AvgIpc) is 3.05. The zero-order chi connectivity index (χ0) is 20.1. The molecule has 1 aromatic heterocycles. The van der Waals surface area contributed by atoms with Crippen LogP contribution in [-0.4, -0.2) is 36.2 Å². The van der Waals surface area contributed by atoms with Crippen molar-refractivity contribution in [3.05, 3.63) is 60.2 Å². The van der Waals surface area contributed by atoms with Crippen LogP contribution < -0.4 is 10.6 Å². The minimum absolute atomic E-state index is 0.0678. The van der Waals surface area contributed by atoms with Crippen LogP contribution in [0.15, 0.2) is 59.8 Å². The van der Waals surface area contributed by atoms with Crippen LogP contribution in [0.3, 0.4) is 0 Å². The van der Waals surface area contributed by atoms with Gasteiger partial charge in [0.1, 0.15) is 0 Å². The number of nitrogens with one attached hydrogen (secondary N) is 2. The Labute approximate surface area is 162 Å². The van der Waals surface area contributed by atoms with Crippen molar-refractivity contribution in [1.82, 2.24) is 20.2 Å². The molecule has 0 saturated carbocycles. The first-order valence-corrected chi connectivity index (χ1v) is 10.5. The van der Waals surface area contributed by atoms with Gasteiger partial charge in [0.2, 0.25) is 20.9 Å². The van der Waals surface area contributed by atoms with E-state index in [1.807, 2.05) is 30.3 Å². The monoisotopic (exact) mass is 400 g/mol. The normalized spacial score (nSPS) is 11.3. The molecule has 3 rings (SSSR count). The van der Waals surface area contributed by atoms with Gasteiger partial charge in [-0.05, 0) is 17.7 Å². The highest BCUT2D eigenvalue weighted by Crippen LogP contribution is 2.19. The van der Waals surface area contributed by atoms with Crippen LogP contribution >= 0.6 is 0 Å². The molecule has 0 aliphatic carbocycles. The lowest BCUT2D eigenvalue weighted by molar-refractivity contribution is -0.120. The number of imidazole rings is 1. The third-order valence-corrected chi connectivity index (χ3v) is 5.04. The lowest BCUT2D eigenvalue weighted by Gasteiger charge is -2.09. The van der Waals surface area contributed by atoms with Gasteiger partial charge in [-0.15, -0.1) is 0 Å². The van der Waals surface area contributed by atoms with E-state index < -0.39 is 21.8 Å². The van der Waals surface area contributed by atoms with Crippen molar-refractivity contribution in [2.45, 2.75) is 24.7 Å².